The van der Waals surface area contributed by atoms with E-state index in [9.17, 15) is 9.59 Å². The fourth-order valence-corrected chi connectivity index (χ4v) is 4.85. The quantitative estimate of drug-likeness (QED) is 0.229. The standard InChI is InChI=1S/C28H22ClN5O2S/c29-21-13-6-12-20(17-21)26-33-34-28(37-26)32-25(35)24(16-18-8-2-1-3-9-18)31-27(36)30-23-15-7-11-19-10-4-5-14-22(19)23/h1-15,17,24H,16H2,(H2,30,31,36)(H,32,34,35)/t24-/m0/s1. The van der Waals surface area contributed by atoms with Gasteiger partial charge in [-0.15, -0.1) is 10.2 Å². The van der Waals surface area contributed by atoms with Crippen molar-refractivity contribution in [3.8, 4) is 10.6 Å². The number of hydrogen-bond acceptors (Lipinski definition) is 5. The maximum atomic E-state index is 13.3. The average Bonchev–Trinajstić information content (AvgIpc) is 3.38. The minimum absolute atomic E-state index is 0.301. The van der Waals surface area contributed by atoms with Crippen molar-refractivity contribution >= 4 is 56.5 Å². The van der Waals surface area contributed by atoms with Crippen LogP contribution in [0.2, 0.25) is 5.02 Å². The Balaban J connectivity index is 1.33. The smallest absolute Gasteiger partial charge is 0.319 e. The number of rotatable bonds is 7. The van der Waals surface area contributed by atoms with Crippen LogP contribution in [-0.4, -0.2) is 28.2 Å². The molecule has 0 fully saturated rings. The molecule has 0 aliphatic carbocycles. The average molecular weight is 528 g/mol. The number of carbonyl (C=O) groups is 2. The van der Waals surface area contributed by atoms with Crippen LogP contribution < -0.4 is 16.0 Å². The van der Waals surface area contributed by atoms with E-state index in [-0.39, 0.29) is 0 Å². The van der Waals surface area contributed by atoms with Gasteiger partial charge in [0.15, 0.2) is 0 Å². The molecule has 0 saturated carbocycles. The summed E-state index contributed by atoms with van der Waals surface area (Å²) in [7, 11) is 0. The molecule has 0 bridgehead atoms. The predicted molar refractivity (Wildman–Crippen MR) is 149 cm³/mol. The molecule has 9 heteroatoms. The van der Waals surface area contributed by atoms with E-state index in [1.807, 2.05) is 84.9 Å². The Kier molecular flexibility index (Phi) is 7.39. The third-order valence-corrected chi connectivity index (χ3v) is 6.79. The van der Waals surface area contributed by atoms with E-state index in [0.29, 0.717) is 27.3 Å². The lowest BCUT2D eigenvalue weighted by Gasteiger charge is -2.19. The first-order chi connectivity index (χ1) is 18.0. The number of benzene rings is 4. The summed E-state index contributed by atoms with van der Waals surface area (Å²) < 4.78 is 0. The second kappa shape index (κ2) is 11.2. The van der Waals surface area contributed by atoms with Gasteiger partial charge in [-0.1, -0.05) is 102 Å². The highest BCUT2D eigenvalue weighted by molar-refractivity contribution is 7.18. The molecule has 1 atom stereocenters. The molecule has 0 aliphatic rings. The van der Waals surface area contributed by atoms with E-state index < -0.39 is 18.0 Å². The number of urea groups is 1. The molecule has 3 amide bonds. The number of hydrogen-bond donors (Lipinski definition) is 3. The number of amides is 3. The Hall–Kier alpha value is -4.27. The molecule has 5 aromatic rings. The van der Waals surface area contributed by atoms with Crippen LogP contribution in [0.3, 0.4) is 0 Å². The van der Waals surface area contributed by atoms with Crippen LogP contribution in [0, 0.1) is 0 Å². The number of nitrogens with one attached hydrogen (secondary N) is 3. The molecule has 3 N–H and O–H groups in total. The number of fused-ring (bicyclic) bond motifs is 1. The van der Waals surface area contributed by atoms with E-state index >= 15 is 0 Å². The highest BCUT2D eigenvalue weighted by Crippen LogP contribution is 2.28. The minimum Gasteiger partial charge on any atom is -0.326 e. The molecule has 4 aromatic carbocycles. The highest BCUT2D eigenvalue weighted by Gasteiger charge is 2.23. The van der Waals surface area contributed by atoms with Crippen LogP contribution in [0.4, 0.5) is 15.6 Å². The molecule has 7 nitrogen and oxygen atoms in total. The third-order valence-electron chi connectivity index (χ3n) is 5.67. The van der Waals surface area contributed by atoms with Gasteiger partial charge in [0.05, 0.1) is 5.69 Å². The zero-order valence-corrected chi connectivity index (χ0v) is 21.1. The first-order valence-corrected chi connectivity index (χ1v) is 12.7. The summed E-state index contributed by atoms with van der Waals surface area (Å²) >= 11 is 7.31. The Bertz CT molecular complexity index is 1550. The van der Waals surface area contributed by atoms with Gasteiger partial charge in [0.2, 0.25) is 11.0 Å². The zero-order valence-electron chi connectivity index (χ0n) is 19.5. The van der Waals surface area contributed by atoms with Crippen molar-refractivity contribution in [2.75, 3.05) is 10.6 Å². The molecule has 0 radical (unpaired) electrons. The van der Waals surface area contributed by atoms with Gasteiger partial charge >= 0.3 is 6.03 Å². The van der Waals surface area contributed by atoms with Crippen molar-refractivity contribution in [1.82, 2.24) is 15.5 Å². The fraction of sp³-hybridized carbons (Fsp3) is 0.0714. The van der Waals surface area contributed by atoms with E-state index in [2.05, 4.69) is 26.1 Å². The molecule has 0 unspecified atom stereocenters. The van der Waals surface area contributed by atoms with Gasteiger partial charge in [0.25, 0.3) is 0 Å². The molecule has 1 aromatic heterocycles. The van der Waals surface area contributed by atoms with Crippen molar-refractivity contribution in [3.63, 3.8) is 0 Å². The lowest BCUT2D eigenvalue weighted by Crippen LogP contribution is -2.46. The molecule has 1 heterocycles. The second-order valence-corrected chi connectivity index (χ2v) is 9.69. The van der Waals surface area contributed by atoms with Crippen LogP contribution in [0.1, 0.15) is 5.56 Å². The van der Waals surface area contributed by atoms with Crippen LogP contribution >= 0.6 is 22.9 Å². The van der Waals surface area contributed by atoms with Crippen molar-refractivity contribution in [3.05, 3.63) is 108 Å². The summed E-state index contributed by atoms with van der Waals surface area (Å²) in [4.78, 5) is 26.3. The van der Waals surface area contributed by atoms with Crippen molar-refractivity contribution in [1.29, 1.82) is 0 Å². The summed E-state index contributed by atoms with van der Waals surface area (Å²) in [5.74, 6) is -0.397. The first kappa shape index (κ1) is 24.4. The molecule has 5 rings (SSSR count). The van der Waals surface area contributed by atoms with Gasteiger partial charge in [-0.2, -0.15) is 0 Å². The molecule has 0 spiro atoms. The predicted octanol–water partition coefficient (Wildman–Crippen LogP) is 6.38. The minimum atomic E-state index is -0.851. The van der Waals surface area contributed by atoms with Gasteiger partial charge < -0.3 is 10.6 Å². The maximum absolute atomic E-state index is 13.3. The van der Waals surface area contributed by atoms with E-state index in [4.69, 9.17) is 11.6 Å². The van der Waals surface area contributed by atoms with Crippen molar-refractivity contribution in [2.24, 2.45) is 0 Å². The summed E-state index contributed by atoms with van der Waals surface area (Å²) in [5.41, 5.74) is 2.37. The fourth-order valence-electron chi connectivity index (χ4n) is 3.91. The molecule has 0 saturated heterocycles. The van der Waals surface area contributed by atoms with Crippen LogP contribution in [-0.2, 0) is 11.2 Å². The van der Waals surface area contributed by atoms with Gasteiger partial charge in [-0.05, 0) is 29.1 Å². The molecule has 37 heavy (non-hydrogen) atoms. The lowest BCUT2D eigenvalue weighted by atomic mass is 10.1. The van der Waals surface area contributed by atoms with Gasteiger partial charge in [0.1, 0.15) is 11.0 Å². The SMILES string of the molecule is O=C(Nc1cccc2ccccc12)N[C@@H](Cc1ccccc1)C(=O)Nc1nnc(-c2cccc(Cl)c2)s1. The Morgan fingerprint density at radius 1 is 0.838 bits per heavy atom. The van der Waals surface area contributed by atoms with Gasteiger partial charge in [-0.3, -0.25) is 10.1 Å². The zero-order chi connectivity index (χ0) is 25.6. The number of nitrogens with zero attached hydrogens (tertiary/aromatic N) is 2. The molecule has 184 valence electrons. The number of aromatic nitrogens is 2. The van der Waals surface area contributed by atoms with Crippen LogP contribution in [0.5, 0.6) is 0 Å². The Morgan fingerprint density at radius 3 is 2.43 bits per heavy atom. The summed E-state index contributed by atoms with van der Waals surface area (Å²) in [6.45, 7) is 0. The topological polar surface area (TPSA) is 96.0 Å². The normalized spacial score (nSPS) is 11.6. The number of anilines is 2. The monoisotopic (exact) mass is 527 g/mol. The first-order valence-electron chi connectivity index (χ1n) is 11.5. The van der Waals surface area contributed by atoms with Crippen molar-refractivity contribution in [2.45, 2.75) is 12.5 Å². The summed E-state index contributed by atoms with van der Waals surface area (Å²) in [6.07, 6.45) is 0.301. The van der Waals surface area contributed by atoms with Crippen molar-refractivity contribution < 1.29 is 9.59 Å². The number of carbonyl (C=O) groups excluding carboxylic acids is 2. The van der Waals surface area contributed by atoms with Crippen LogP contribution in [0.15, 0.2) is 97.1 Å². The van der Waals surface area contributed by atoms with Gasteiger partial charge in [0, 0.05) is 22.4 Å². The molecule has 0 aliphatic heterocycles. The molecular weight excluding hydrogens is 506 g/mol. The van der Waals surface area contributed by atoms with Gasteiger partial charge in [-0.25, -0.2) is 4.79 Å². The van der Waals surface area contributed by atoms with E-state index in [1.165, 1.54) is 11.3 Å². The Labute approximate surface area is 222 Å². The van der Waals surface area contributed by atoms with E-state index in [1.54, 1.807) is 12.1 Å². The largest absolute Gasteiger partial charge is 0.326 e. The third kappa shape index (κ3) is 6.11. The molecular formula is C28H22ClN5O2S. The summed E-state index contributed by atoms with van der Waals surface area (Å²) in [6, 6.07) is 28.9. The van der Waals surface area contributed by atoms with Crippen LogP contribution in [0.25, 0.3) is 21.3 Å². The van der Waals surface area contributed by atoms with E-state index in [0.717, 1.165) is 21.9 Å². The highest BCUT2D eigenvalue weighted by atomic mass is 35.5. The second-order valence-electron chi connectivity index (χ2n) is 8.28. The number of halogens is 1. The Morgan fingerprint density at radius 2 is 1.59 bits per heavy atom. The summed E-state index contributed by atoms with van der Waals surface area (Å²) in [5, 5.41) is 20.2. The maximum Gasteiger partial charge on any atom is 0.319 e. The lowest BCUT2D eigenvalue weighted by molar-refractivity contribution is -0.117.